The molecule has 0 aliphatic carbocycles. The SMILES string of the molecule is CO[C@H](CO)[C@@H](O)[C@@H](O)n1cnc2c(NC(=O)c3ccccc3)ncnc21. The molecular weight excluding hydrogens is 354 g/mol. The first kappa shape index (κ1) is 18.9. The lowest BCUT2D eigenvalue weighted by molar-refractivity contribution is -0.116. The number of aliphatic hydroxyl groups excluding tert-OH is 3. The Hall–Kier alpha value is -2.92. The number of imidazole rings is 1. The summed E-state index contributed by atoms with van der Waals surface area (Å²) in [5, 5.41) is 32.4. The first-order chi connectivity index (χ1) is 13.1. The second kappa shape index (κ2) is 8.18. The molecule has 0 fully saturated rings. The van der Waals surface area contributed by atoms with Crippen molar-refractivity contribution in [2.24, 2.45) is 0 Å². The molecule has 0 saturated heterocycles. The number of ether oxygens (including phenoxy) is 1. The van der Waals surface area contributed by atoms with E-state index in [4.69, 9.17) is 4.74 Å². The van der Waals surface area contributed by atoms with Crippen LogP contribution in [0.25, 0.3) is 11.2 Å². The van der Waals surface area contributed by atoms with Crippen LogP contribution in [0.1, 0.15) is 16.6 Å². The van der Waals surface area contributed by atoms with Crippen LogP contribution in [0.15, 0.2) is 43.0 Å². The molecule has 3 rings (SSSR count). The van der Waals surface area contributed by atoms with Crippen LogP contribution >= 0.6 is 0 Å². The van der Waals surface area contributed by atoms with Crippen molar-refractivity contribution in [2.45, 2.75) is 18.4 Å². The van der Waals surface area contributed by atoms with Gasteiger partial charge in [0.25, 0.3) is 5.91 Å². The highest BCUT2D eigenvalue weighted by Gasteiger charge is 2.29. The number of hydrogen-bond acceptors (Lipinski definition) is 8. The molecule has 0 saturated carbocycles. The molecule has 142 valence electrons. The molecule has 3 atom stereocenters. The second-order valence-electron chi connectivity index (χ2n) is 5.73. The fraction of sp³-hybridized carbons (Fsp3) is 0.294. The molecule has 10 heteroatoms. The van der Waals surface area contributed by atoms with Gasteiger partial charge in [0.05, 0.1) is 12.9 Å². The Morgan fingerprint density at radius 1 is 1.22 bits per heavy atom. The zero-order chi connectivity index (χ0) is 19.4. The van der Waals surface area contributed by atoms with Gasteiger partial charge < -0.3 is 25.4 Å². The van der Waals surface area contributed by atoms with Crippen LogP contribution in [0.4, 0.5) is 5.82 Å². The summed E-state index contributed by atoms with van der Waals surface area (Å²) in [6.45, 7) is -0.477. The van der Waals surface area contributed by atoms with Crippen LogP contribution in [0.2, 0.25) is 0 Å². The number of benzene rings is 1. The van der Waals surface area contributed by atoms with Crippen LogP contribution in [-0.2, 0) is 4.74 Å². The summed E-state index contributed by atoms with van der Waals surface area (Å²) in [6, 6.07) is 8.60. The van der Waals surface area contributed by atoms with Gasteiger partial charge in [-0.1, -0.05) is 18.2 Å². The van der Waals surface area contributed by atoms with Crippen molar-refractivity contribution in [3.63, 3.8) is 0 Å². The van der Waals surface area contributed by atoms with Crippen LogP contribution in [0.3, 0.4) is 0 Å². The maximum absolute atomic E-state index is 12.3. The number of hydrogen-bond donors (Lipinski definition) is 4. The number of carbonyl (C=O) groups is 1. The highest BCUT2D eigenvalue weighted by atomic mass is 16.5. The Labute approximate surface area is 154 Å². The molecule has 0 aliphatic rings. The topological polar surface area (TPSA) is 143 Å². The first-order valence-electron chi connectivity index (χ1n) is 8.10. The van der Waals surface area contributed by atoms with Crippen molar-refractivity contribution in [3.05, 3.63) is 48.5 Å². The van der Waals surface area contributed by atoms with Gasteiger partial charge in [0.2, 0.25) is 0 Å². The van der Waals surface area contributed by atoms with E-state index in [0.717, 1.165) is 0 Å². The van der Waals surface area contributed by atoms with Gasteiger partial charge in [-0.3, -0.25) is 9.36 Å². The summed E-state index contributed by atoms with van der Waals surface area (Å²) in [5.41, 5.74) is 0.892. The molecule has 10 nitrogen and oxygen atoms in total. The van der Waals surface area contributed by atoms with Gasteiger partial charge in [-0.15, -0.1) is 0 Å². The third-order valence-electron chi connectivity index (χ3n) is 4.08. The molecular formula is C17H19N5O5. The van der Waals surface area contributed by atoms with Crippen molar-refractivity contribution in [2.75, 3.05) is 19.0 Å². The van der Waals surface area contributed by atoms with Gasteiger partial charge >= 0.3 is 0 Å². The summed E-state index contributed by atoms with van der Waals surface area (Å²) in [4.78, 5) is 24.6. The maximum Gasteiger partial charge on any atom is 0.256 e. The Kier molecular flexibility index (Phi) is 5.72. The van der Waals surface area contributed by atoms with E-state index in [1.54, 1.807) is 30.3 Å². The van der Waals surface area contributed by atoms with E-state index in [1.165, 1.54) is 24.3 Å². The van der Waals surface area contributed by atoms with Gasteiger partial charge in [-0.25, -0.2) is 15.0 Å². The minimum atomic E-state index is -1.47. The number of methoxy groups -OCH3 is 1. The van der Waals surface area contributed by atoms with Crippen LogP contribution in [-0.4, -0.2) is 66.7 Å². The number of rotatable bonds is 7. The summed E-state index contributed by atoms with van der Waals surface area (Å²) >= 11 is 0. The van der Waals surface area contributed by atoms with Crippen LogP contribution in [0, 0.1) is 0 Å². The van der Waals surface area contributed by atoms with E-state index >= 15 is 0 Å². The van der Waals surface area contributed by atoms with Crippen molar-refractivity contribution < 1.29 is 24.9 Å². The molecule has 0 spiro atoms. The minimum Gasteiger partial charge on any atom is -0.394 e. The highest BCUT2D eigenvalue weighted by Crippen LogP contribution is 2.23. The molecule has 27 heavy (non-hydrogen) atoms. The molecule has 4 N–H and O–H groups in total. The molecule has 3 aromatic rings. The van der Waals surface area contributed by atoms with Crippen molar-refractivity contribution in [1.82, 2.24) is 19.5 Å². The Morgan fingerprint density at radius 2 is 1.96 bits per heavy atom. The monoisotopic (exact) mass is 373 g/mol. The van der Waals surface area contributed by atoms with E-state index in [2.05, 4.69) is 20.3 Å². The molecule has 0 bridgehead atoms. The van der Waals surface area contributed by atoms with E-state index in [0.29, 0.717) is 5.56 Å². The maximum atomic E-state index is 12.3. The van der Waals surface area contributed by atoms with Crippen molar-refractivity contribution in [3.8, 4) is 0 Å². The lowest BCUT2D eigenvalue weighted by atomic mass is 10.2. The summed E-state index contributed by atoms with van der Waals surface area (Å²) in [6.07, 6.45) is -1.42. The van der Waals surface area contributed by atoms with Crippen LogP contribution in [0.5, 0.6) is 0 Å². The summed E-state index contributed by atoms with van der Waals surface area (Å²) in [7, 11) is 1.31. The number of aliphatic hydroxyl groups is 3. The van der Waals surface area contributed by atoms with Gasteiger partial charge in [0.15, 0.2) is 23.2 Å². The highest BCUT2D eigenvalue weighted by molar-refractivity contribution is 6.06. The number of anilines is 1. The summed E-state index contributed by atoms with van der Waals surface area (Å²) in [5.74, 6) is -0.204. The lowest BCUT2D eigenvalue weighted by Gasteiger charge is -2.25. The smallest absolute Gasteiger partial charge is 0.256 e. The number of aromatic nitrogens is 4. The number of fused-ring (bicyclic) bond motifs is 1. The molecule has 0 aliphatic heterocycles. The van der Waals surface area contributed by atoms with E-state index < -0.39 is 25.0 Å². The van der Waals surface area contributed by atoms with Gasteiger partial charge in [-0.05, 0) is 12.1 Å². The third-order valence-corrected chi connectivity index (χ3v) is 4.08. The Bertz CT molecular complexity index is 912. The average Bonchev–Trinajstić information content (AvgIpc) is 3.14. The minimum absolute atomic E-state index is 0.166. The fourth-order valence-electron chi connectivity index (χ4n) is 2.58. The number of nitrogens with one attached hydrogen (secondary N) is 1. The Balaban J connectivity index is 1.89. The lowest BCUT2D eigenvalue weighted by Crippen LogP contribution is -2.38. The normalized spacial score (nSPS) is 14.7. The predicted molar refractivity (Wildman–Crippen MR) is 94.9 cm³/mol. The zero-order valence-electron chi connectivity index (χ0n) is 14.4. The quantitative estimate of drug-likeness (QED) is 0.451. The fourth-order valence-corrected chi connectivity index (χ4v) is 2.58. The molecule has 2 aromatic heterocycles. The van der Waals surface area contributed by atoms with E-state index in [-0.39, 0.29) is 22.9 Å². The first-order valence-corrected chi connectivity index (χ1v) is 8.10. The third kappa shape index (κ3) is 3.78. The van der Waals surface area contributed by atoms with Gasteiger partial charge in [0.1, 0.15) is 18.5 Å². The van der Waals surface area contributed by atoms with Crippen molar-refractivity contribution in [1.29, 1.82) is 0 Å². The number of amides is 1. The molecule has 0 unspecified atom stereocenters. The largest absolute Gasteiger partial charge is 0.394 e. The Morgan fingerprint density at radius 3 is 2.63 bits per heavy atom. The van der Waals surface area contributed by atoms with Crippen molar-refractivity contribution >= 4 is 22.9 Å². The van der Waals surface area contributed by atoms with E-state index in [9.17, 15) is 20.1 Å². The van der Waals surface area contributed by atoms with Gasteiger partial charge in [0, 0.05) is 12.7 Å². The molecule has 1 amide bonds. The molecule has 1 aromatic carbocycles. The number of carbonyl (C=O) groups excluding carboxylic acids is 1. The zero-order valence-corrected chi connectivity index (χ0v) is 14.4. The average molecular weight is 373 g/mol. The molecule has 0 radical (unpaired) electrons. The molecule has 2 heterocycles. The van der Waals surface area contributed by atoms with Gasteiger partial charge in [-0.2, -0.15) is 0 Å². The van der Waals surface area contributed by atoms with Crippen LogP contribution < -0.4 is 5.32 Å². The number of nitrogens with zero attached hydrogens (tertiary/aromatic N) is 4. The standard InChI is InChI=1S/C17H19N5O5/c1-27-11(7-23)13(24)17(26)22-9-20-12-14(18-8-19-15(12)22)21-16(25)10-5-3-2-4-6-10/h2-6,8-9,11,13,17,23-24,26H,7H2,1H3,(H,18,19,21,25)/t11-,13-,17-/m1/s1. The second-order valence-corrected chi connectivity index (χ2v) is 5.73. The predicted octanol–water partition coefficient (Wildman–Crippen LogP) is -0.0623. The van der Waals surface area contributed by atoms with E-state index in [1.807, 2.05) is 0 Å². The summed E-state index contributed by atoms with van der Waals surface area (Å²) < 4.78 is 6.14.